The topological polar surface area (TPSA) is 48.0 Å². The third-order valence-electron chi connectivity index (χ3n) is 5.14. The maximum Gasteiger partial charge on any atom is 0.155 e. The SMILES string of the molecule is Cc1cc(-c2nc3n(c2-c2ccc4ncnn4c2)CCC3)c(C)cc1F. The van der Waals surface area contributed by atoms with Crippen molar-refractivity contribution in [3.8, 4) is 22.5 Å². The van der Waals surface area contributed by atoms with Crippen LogP contribution in [0.25, 0.3) is 28.2 Å². The summed E-state index contributed by atoms with van der Waals surface area (Å²) in [5, 5.41) is 4.25. The van der Waals surface area contributed by atoms with Gasteiger partial charge in [-0.1, -0.05) is 0 Å². The van der Waals surface area contributed by atoms with Crippen LogP contribution in [0.1, 0.15) is 23.4 Å². The maximum absolute atomic E-state index is 14.0. The van der Waals surface area contributed by atoms with E-state index >= 15 is 0 Å². The van der Waals surface area contributed by atoms with E-state index in [0.717, 1.165) is 58.9 Å². The molecule has 0 amide bonds. The molecule has 1 aromatic carbocycles. The molecule has 0 saturated carbocycles. The molecule has 5 nitrogen and oxygen atoms in total. The molecule has 0 unspecified atom stereocenters. The highest BCUT2D eigenvalue weighted by Crippen LogP contribution is 2.37. The first-order valence-electron chi connectivity index (χ1n) is 8.78. The molecular formula is C20H18FN5. The Kier molecular flexibility index (Phi) is 3.22. The van der Waals surface area contributed by atoms with Crippen molar-refractivity contribution < 1.29 is 4.39 Å². The van der Waals surface area contributed by atoms with Crippen molar-refractivity contribution in [3.63, 3.8) is 0 Å². The Labute approximate surface area is 150 Å². The zero-order valence-corrected chi connectivity index (χ0v) is 14.7. The molecule has 4 heterocycles. The molecule has 0 bridgehead atoms. The number of pyridine rings is 1. The fraction of sp³-hybridized carbons (Fsp3) is 0.250. The van der Waals surface area contributed by atoms with Crippen LogP contribution in [0, 0.1) is 19.7 Å². The second-order valence-corrected chi connectivity index (χ2v) is 6.88. The summed E-state index contributed by atoms with van der Waals surface area (Å²) in [7, 11) is 0. The van der Waals surface area contributed by atoms with Crippen LogP contribution in [0.3, 0.4) is 0 Å². The van der Waals surface area contributed by atoms with Gasteiger partial charge >= 0.3 is 0 Å². The zero-order chi connectivity index (χ0) is 17.8. The number of hydrogen-bond donors (Lipinski definition) is 0. The van der Waals surface area contributed by atoms with Gasteiger partial charge in [-0.15, -0.1) is 0 Å². The first-order chi connectivity index (χ1) is 12.6. The van der Waals surface area contributed by atoms with E-state index in [1.807, 2.05) is 25.3 Å². The Morgan fingerprint density at radius 3 is 2.88 bits per heavy atom. The van der Waals surface area contributed by atoms with Crippen LogP contribution in [-0.4, -0.2) is 24.1 Å². The third kappa shape index (κ3) is 2.18. The van der Waals surface area contributed by atoms with Crippen LogP contribution in [-0.2, 0) is 13.0 Å². The van der Waals surface area contributed by atoms with Crippen LogP contribution in [0.15, 0.2) is 36.8 Å². The van der Waals surface area contributed by atoms with Gasteiger partial charge in [0.25, 0.3) is 0 Å². The van der Waals surface area contributed by atoms with Crippen LogP contribution in [0.2, 0.25) is 0 Å². The molecule has 0 aliphatic carbocycles. The molecule has 0 atom stereocenters. The van der Waals surface area contributed by atoms with Gasteiger partial charge < -0.3 is 4.57 Å². The largest absolute Gasteiger partial charge is 0.327 e. The standard InChI is InChI=1S/C20H18FN5/c1-12-9-16(21)13(2)8-15(12)19-20(25-7-3-4-18(25)24-19)14-5-6-17-22-11-23-26(17)10-14/h5-6,8-11H,3-4,7H2,1-2H3. The van der Waals surface area contributed by atoms with Crippen molar-refractivity contribution >= 4 is 5.65 Å². The number of halogens is 1. The van der Waals surface area contributed by atoms with E-state index in [0.29, 0.717) is 5.56 Å². The predicted octanol–water partition coefficient (Wildman–Crippen LogP) is 3.96. The van der Waals surface area contributed by atoms with E-state index in [-0.39, 0.29) is 5.82 Å². The number of fused-ring (bicyclic) bond motifs is 2. The molecule has 0 saturated heterocycles. The summed E-state index contributed by atoms with van der Waals surface area (Å²) < 4.78 is 18.0. The van der Waals surface area contributed by atoms with Gasteiger partial charge in [0.15, 0.2) is 5.65 Å². The van der Waals surface area contributed by atoms with Gasteiger partial charge in [-0.25, -0.2) is 18.9 Å². The minimum Gasteiger partial charge on any atom is -0.327 e. The van der Waals surface area contributed by atoms with Gasteiger partial charge in [0, 0.05) is 30.3 Å². The normalized spacial score (nSPS) is 13.5. The van der Waals surface area contributed by atoms with Crippen LogP contribution >= 0.6 is 0 Å². The molecule has 0 spiro atoms. The Bertz CT molecular complexity index is 1150. The highest BCUT2D eigenvalue weighted by atomic mass is 19.1. The Hall–Kier alpha value is -3.02. The van der Waals surface area contributed by atoms with E-state index in [1.165, 1.54) is 0 Å². The van der Waals surface area contributed by atoms with E-state index in [9.17, 15) is 4.39 Å². The monoisotopic (exact) mass is 347 g/mol. The van der Waals surface area contributed by atoms with Gasteiger partial charge in [-0.05, 0) is 55.7 Å². The Morgan fingerprint density at radius 1 is 1.12 bits per heavy atom. The minimum atomic E-state index is -0.177. The summed E-state index contributed by atoms with van der Waals surface area (Å²) in [5.74, 6) is 0.915. The van der Waals surface area contributed by atoms with E-state index in [4.69, 9.17) is 4.98 Å². The molecule has 5 rings (SSSR count). The number of rotatable bonds is 2. The van der Waals surface area contributed by atoms with Crippen molar-refractivity contribution in [1.29, 1.82) is 0 Å². The lowest BCUT2D eigenvalue weighted by atomic mass is 9.99. The maximum atomic E-state index is 14.0. The van der Waals surface area contributed by atoms with Gasteiger partial charge in [-0.3, -0.25) is 0 Å². The fourth-order valence-electron chi connectivity index (χ4n) is 3.80. The summed E-state index contributed by atoms with van der Waals surface area (Å²) >= 11 is 0. The number of aryl methyl sites for hydroxylation is 3. The summed E-state index contributed by atoms with van der Waals surface area (Å²) in [6.07, 6.45) is 5.61. The molecule has 0 fully saturated rings. The van der Waals surface area contributed by atoms with Gasteiger partial charge in [0.05, 0.1) is 11.4 Å². The minimum absolute atomic E-state index is 0.177. The average molecular weight is 347 g/mol. The van der Waals surface area contributed by atoms with Crippen molar-refractivity contribution in [3.05, 3.63) is 59.6 Å². The summed E-state index contributed by atoms with van der Waals surface area (Å²) in [5.41, 5.74) is 6.36. The summed E-state index contributed by atoms with van der Waals surface area (Å²) in [6.45, 7) is 4.68. The predicted molar refractivity (Wildman–Crippen MR) is 97.4 cm³/mol. The van der Waals surface area contributed by atoms with Crippen LogP contribution in [0.4, 0.5) is 4.39 Å². The van der Waals surface area contributed by atoms with Crippen molar-refractivity contribution in [2.24, 2.45) is 0 Å². The zero-order valence-electron chi connectivity index (χ0n) is 14.7. The first-order valence-corrected chi connectivity index (χ1v) is 8.78. The lowest BCUT2D eigenvalue weighted by Gasteiger charge is -2.11. The van der Waals surface area contributed by atoms with Crippen molar-refractivity contribution in [1.82, 2.24) is 24.1 Å². The number of hydrogen-bond acceptors (Lipinski definition) is 3. The third-order valence-corrected chi connectivity index (χ3v) is 5.14. The van der Waals surface area contributed by atoms with Gasteiger partial charge in [-0.2, -0.15) is 5.10 Å². The highest BCUT2D eigenvalue weighted by Gasteiger charge is 2.24. The molecule has 0 radical (unpaired) electrons. The van der Waals surface area contributed by atoms with Crippen LogP contribution < -0.4 is 0 Å². The molecule has 26 heavy (non-hydrogen) atoms. The molecule has 0 N–H and O–H groups in total. The molecule has 130 valence electrons. The average Bonchev–Trinajstić information content (AvgIpc) is 3.32. The fourth-order valence-corrected chi connectivity index (χ4v) is 3.80. The number of nitrogens with zero attached hydrogens (tertiary/aromatic N) is 5. The lowest BCUT2D eigenvalue weighted by Crippen LogP contribution is -1.99. The Balaban J connectivity index is 1.78. The highest BCUT2D eigenvalue weighted by molar-refractivity contribution is 5.81. The summed E-state index contributed by atoms with van der Waals surface area (Å²) in [4.78, 5) is 9.15. The molecule has 3 aromatic heterocycles. The molecule has 4 aromatic rings. The second kappa shape index (κ2) is 5.49. The second-order valence-electron chi connectivity index (χ2n) is 6.88. The number of imidazole rings is 1. The lowest BCUT2D eigenvalue weighted by molar-refractivity contribution is 0.617. The van der Waals surface area contributed by atoms with E-state index < -0.39 is 0 Å². The van der Waals surface area contributed by atoms with Crippen molar-refractivity contribution in [2.45, 2.75) is 33.2 Å². The van der Waals surface area contributed by atoms with Gasteiger partial charge in [0.2, 0.25) is 0 Å². The smallest absolute Gasteiger partial charge is 0.155 e. The van der Waals surface area contributed by atoms with Crippen LogP contribution in [0.5, 0.6) is 0 Å². The summed E-state index contributed by atoms with van der Waals surface area (Å²) in [6, 6.07) is 7.52. The number of benzene rings is 1. The molecule has 6 heteroatoms. The molecular weight excluding hydrogens is 329 g/mol. The van der Waals surface area contributed by atoms with E-state index in [2.05, 4.69) is 20.7 Å². The van der Waals surface area contributed by atoms with E-state index in [1.54, 1.807) is 23.8 Å². The number of aromatic nitrogens is 5. The first kappa shape index (κ1) is 15.3. The van der Waals surface area contributed by atoms with Gasteiger partial charge in [0.1, 0.15) is 18.0 Å². The van der Waals surface area contributed by atoms with Crippen molar-refractivity contribution in [2.75, 3.05) is 0 Å². The quantitative estimate of drug-likeness (QED) is 0.551. The molecule has 1 aliphatic rings. The Morgan fingerprint density at radius 2 is 2.00 bits per heavy atom. The molecule has 1 aliphatic heterocycles.